The van der Waals surface area contributed by atoms with E-state index in [-0.39, 0.29) is 16.9 Å². The van der Waals surface area contributed by atoms with Gasteiger partial charge in [0.15, 0.2) is 0 Å². The number of hydrogen-bond acceptors (Lipinski definition) is 4. The molecule has 3 amide bonds. The summed E-state index contributed by atoms with van der Waals surface area (Å²) in [6, 6.07) is 7.93. The van der Waals surface area contributed by atoms with E-state index in [9.17, 15) is 31.9 Å². The van der Waals surface area contributed by atoms with Crippen LogP contribution >= 0.6 is 0 Å². The number of nitrogens with zero attached hydrogens (tertiary/aromatic N) is 2. The minimum atomic E-state index is -4.71. The predicted octanol–water partition coefficient (Wildman–Crippen LogP) is 3.28. The van der Waals surface area contributed by atoms with Crippen LogP contribution in [0.2, 0.25) is 0 Å². The number of carbonyl (C=O) groups is 3. The van der Waals surface area contributed by atoms with Crippen molar-refractivity contribution in [2.24, 2.45) is 11.8 Å². The SMILES string of the molecule is O=C1[C@@H]2[C@H]3CCCN3[C@@]3(C(=O)Nc4c(C(F)(F)F)cccc43)[C@H]2C(=O)N1c1ccc(F)cc1. The van der Waals surface area contributed by atoms with Gasteiger partial charge in [0.2, 0.25) is 17.7 Å². The molecule has 1 spiro atoms. The predicted molar refractivity (Wildman–Crippen MR) is 107 cm³/mol. The number of hydrogen-bond donors (Lipinski definition) is 1. The van der Waals surface area contributed by atoms with E-state index in [1.165, 1.54) is 24.3 Å². The fourth-order valence-electron chi connectivity index (χ4n) is 6.31. The summed E-state index contributed by atoms with van der Waals surface area (Å²) in [6.45, 7) is 0.387. The molecule has 3 saturated heterocycles. The van der Waals surface area contributed by atoms with Crippen LogP contribution in [0, 0.1) is 17.7 Å². The number of carbonyl (C=O) groups excluding carboxylic acids is 3. The first-order chi connectivity index (χ1) is 15.7. The van der Waals surface area contributed by atoms with Crippen molar-refractivity contribution >= 4 is 29.1 Å². The molecule has 6 rings (SSSR count). The molecule has 4 atom stereocenters. The summed E-state index contributed by atoms with van der Waals surface area (Å²) in [7, 11) is 0. The normalized spacial score (nSPS) is 30.7. The third kappa shape index (κ3) is 2.39. The third-order valence-electron chi connectivity index (χ3n) is 7.42. The van der Waals surface area contributed by atoms with Gasteiger partial charge in [-0.05, 0) is 49.7 Å². The lowest BCUT2D eigenvalue weighted by Crippen LogP contribution is -2.54. The Morgan fingerprint density at radius 3 is 2.42 bits per heavy atom. The van der Waals surface area contributed by atoms with Gasteiger partial charge in [0.25, 0.3) is 0 Å². The molecule has 0 unspecified atom stereocenters. The van der Waals surface area contributed by atoms with Gasteiger partial charge in [0.05, 0.1) is 28.8 Å². The quantitative estimate of drug-likeness (QED) is 0.525. The number of halogens is 4. The number of benzene rings is 2. The Labute approximate surface area is 185 Å². The molecular weight excluding hydrogens is 442 g/mol. The van der Waals surface area contributed by atoms with Crippen molar-refractivity contribution in [2.45, 2.75) is 30.6 Å². The molecule has 4 aliphatic rings. The number of alkyl halides is 3. The number of para-hydroxylation sites is 1. The molecule has 2 aromatic rings. The summed E-state index contributed by atoms with van der Waals surface area (Å²) in [6.07, 6.45) is -3.52. The van der Waals surface area contributed by atoms with Gasteiger partial charge in [-0.25, -0.2) is 9.29 Å². The lowest BCUT2D eigenvalue weighted by molar-refractivity contribution is -0.137. The summed E-state index contributed by atoms with van der Waals surface area (Å²) in [5.41, 5.74) is -2.81. The van der Waals surface area contributed by atoms with Crippen LogP contribution in [0.15, 0.2) is 42.5 Å². The zero-order valence-corrected chi connectivity index (χ0v) is 17.0. The standard InChI is InChI=1S/C23H17F4N3O3/c24-11-6-8-12(9-7-11)30-19(31)16-15-5-2-10-29(15)22(17(16)20(30)32)13-3-1-4-14(23(25,26)27)18(13)28-21(22)33/h1,3-4,6-9,15-17H,2,5,10H2,(H,28,33)/t15-,16-,17-,22-/m1/s1. The van der Waals surface area contributed by atoms with Crippen molar-refractivity contribution < 1.29 is 31.9 Å². The topological polar surface area (TPSA) is 69.7 Å². The number of fused-ring (bicyclic) bond motifs is 7. The molecule has 0 aliphatic carbocycles. The molecule has 0 aromatic heterocycles. The Bertz CT molecular complexity index is 1230. The van der Waals surface area contributed by atoms with E-state index in [0.717, 1.165) is 23.1 Å². The number of rotatable bonds is 1. The van der Waals surface area contributed by atoms with Crippen LogP contribution in [0.5, 0.6) is 0 Å². The van der Waals surface area contributed by atoms with E-state index in [1.807, 2.05) is 0 Å². The average Bonchev–Trinajstić information content (AvgIpc) is 3.46. The Balaban J connectivity index is 1.56. The Morgan fingerprint density at radius 1 is 1.00 bits per heavy atom. The molecule has 4 heterocycles. The molecule has 0 saturated carbocycles. The number of anilines is 2. The first-order valence-electron chi connectivity index (χ1n) is 10.6. The van der Waals surface area contributed by atoms with Gasteiger partial charge in [-0.1, -0.05) is 12.1 Å². The van der Waals surface area contributed by atoms with Crippen molar-refractivity contribution in [1.29, 1.82) is 0 Å². The van der Waals surface area contributed by atoms with Crippen molar-refractivity contribution in [1.82, 2.24) is 4.90 Å². The highest BCUT2D eigenvalue weighted by atomic mass is 19.4. The van der Waals surface area contributed by atoms with Gasteiger partial charge < -0.3 is 5.32 Å². The van der Waals surface area contributed by atoms with E-state index in [2.05, 4.69) is 5.32 Å². The molecule has 10 heteroatoms. The van der Waals surface area contributed by atoms with Crippen LogP contribution in [0.1, 0.15) is 24.0 Å². The van der Waals surface area contributed by atoms with Crippen molar-refractivity contribution in [3.8, 4) is 0 Å². The zero-order valence-electron chi connectivity index (χ0n) is 17.0. The van der Waals surface area contributed by atoms with E-state index >= 15 is 0 Å². The molecule has 6 nitrogen and oxygen atoms in total. The van der Waals surface area contributed by atoms with E-state index < -0.39 is 58.7 Å². The van der Waals surface area contributed by atoms with Gasteiger partial charge in [-0.3, -0.25) is 19.3 Å². The lowest BCUT2D eigenvalue weighted by Gasteiger charge is -2.36. The fourth-order valence-corrected chi connectivity index (χ4v) is 6.31. The average molecular weight is 459 g/mol. The Kier molecular flexibility index (Phi) is 3.95. The van der Waals surface area contributed by atoms with Gasteiger partial charge in [0, 0.05) is 11.6 Å². The summed E-state index contributed by atoms with van der Waals surface area (Å²) < 4.78 is 54.6. The second kappa shape index (κ2) is 6.40. The summed E-state index contributed by atoms with van der Waals surface area (Å²) in [5.74, 6) is -4.50. The van der Waals surface area contributed by atoms with Crippen LogP contribution in [0.4, 0.5) is 28.9 Å². The maximum absolute atomic E-state index is 13.7. The van der Waals surface area contributed by atoms with Crippen LogP contribution in [-0.2, 0) is 26.1 Å². The minimum absolute atomic E-state index is 0.0730. The van der Waals surface area contributed by atoms with Crippen LogP contribution in [0.3, 0.4) is 0 Å². The van der Waals surface area contributed by atoms with Crippen LogP contribution in [0.25, 0.3) is 0 Å². The van der Waals surface area contributed by atoms with E-state index in [4.69, 9.17) is 0 Å². The van der Waals surface area contributed by atoms with Gasteiger partial charge in [-0.2, -0.15) is 13.2 Å². The molecule has 2 aromatic carbocycles. The Hall–Kier alpha value is -3.27. The second-order valence-electron chi connectivity index (χ2n) is 8.84. The summed E-state index contributed by atoms with van der Waals surface area (Å²) >= 11 is 0. The maximum atomic E-state index is 13.7. The molecule has 4 aliphatic heterocycles. The largest absolute Gasteiger partial charge is 0.418 e. The van der Waals surface area contributed by atoms with Crippen molar-refractivity contribution in [3.05, 3.63) is 59.4 Å². The summed E-state index contributed by atoms with van der Waals surface area (Å²) in [5, 5.41) is 2.40. The number of nitrogens with one attached hydrogen (secondary N) is 1. The number of amides is 3. The highest BCUT2D eigenvalue weighted by molar-refractivity contribution is 6.26. The smallest absolute Gasteiger partial charge is 0.323 e. The van der Waals surface area contributed by atoms with Crippen LogP contribution in [-0.4, -0.2) is 35.2 Å². The van der Waals surface area contributed by atoms with Crippen molar-refractivity contribution in [2.75, 3.05) is 16.8 Å². The van der Waals surface area contributed by atoms with Gasteiger partial charge in [0.1, 0.15) is 11.4 Å². The Morgan fingerprint density at radius 2 is 1.73 bits per heavy atom. The molecular formula is C23H17F4N3O3. The second-order valence-corrected chi connectivity index (χ2v) is 8.84. The maximum Gasteiger partial charge on any atom is 0.418 e. The first kappa shape index (κ1) is 20.3. The monoisotopic (exact) mass is 459 g/mol. The molecule has 170 valence electrons. The molecule has 0 bridgehead atoms. The zero-order chi connectivity index (χ0) is 23.3. The summed E-state index contributed by atoms with van der Waals surface area (Å²) in [4.78, 5) is 43.4. The minimum Gasteiger partial charge on any atom is -0.323 e. The number of imide groups is 1. The van der Waals surface area contributed by atoms with Gasteiger partial charge in [-0.15, -0.1) is 0 Å². The van der Waals surface area contributed by atoms with E-state index in [0.29, 0.717) is 19.4 Å². The van der Waals surface area contributed by atoms with E-state index in [1.54, 1.807) is 4.90 Å². The fraction of sp³-hybridized carbons (Fsp3) is 0.348. The van der Waals surface area contributed by atoms with Crippen LogP contribution < -0.4 is 10.2 Å². The van der Waals surface area contributed by atoms with Crippen molar-refractivity contribution in [3.63, 3.8) is 0 Å². The highest BCUT2D eigenvalue weighted by Gasteiger charge is 2.75. The van der Waals surface area contributed by atoms with Gasteiger partial charge >= 0.3 is 6.18 Å². The first-order valence-corrected chi connectivity index (χ1v) is 10.6. The molecule has 0 radical (unpaired) electrons. The molecule has 3 fully saturated rings. The lowest BCUT2D eigenvalue weighted by atomic mass is 9.75. The third-order valence-corrected chi connectivity index (χ3v) is 7.42. The highest BCUT2D eigenvalue weighted by Crippen LogP contribution is 2.61. The molecule has 1 N–H and O–H groups in total. The molecule has 33 heavy (non-hydrogen) atoms.